The molecule has 1 atom stereocenters. The summed E-state index contributed by atoms with van der Waals surface area (Å²) in [6.07, 6.45) is 4.67. The molecule has 0 bridgehead atoms. The first-order valence-electron chi connectivity index (χ1n) is 12.6. The molecule has 1 aliphatic carbocycles. The van der Waals surface area contributed by atoms with Crippen molar-refractivity contribution in [1.82, 2.24) is 20.2 Å². The van der Waals surface area contributed by atoms with Crippen LogP contribution in [0.2, 0.25) is 5.15 Å². The molecule has 0 unspecified atom stereocenters. The largest absolute Gasteiger partial charge is 0.492 e. The minimum atomic E-state index is -0.446. The number of likely N-dealkylation sites (N-methyl/N-ethyl adjacent to an activating group) is 1. The molecule has 0 spiro atoms. The van der Waals surface area contributed by atoms with E-state index in [0.29, 0.717) is 23.4 Å². The van der Waals surface area contributed by atoms with Crippen molar-refractivity contribution in [2.45, 2.75) is 44.7 Å². The maximum absolute atomic E-state index is 13.6. The number of aromatic nitrogens is 2. The molecule has 2 aromatic carbocycles. The van der Waals surface area contributed by atoms with Gasteiger partial charge < -0.3 is 10.1 Å². The van der Waals surface area contributed by atoms with Gasteiger partial charge in [-0.3, -0.25) is 14.7 Å². The van der Waals surface area contributed by atoms with Crippen molar-refractivity contribution in [2.24, 2.45) is 0 Å². The van der Waals surface area contributed by atoms with Crippen molar-refractivity contribution < 1.29 is 9.53 Å². The Hall–Kier alpha value is -3.00. The number of benzene rings is 2. The number of aryl methyl sites for hydroxylation is 2. The van der Waals surface area contributed by atoms with Crippen LogP contribution in [0.5, 0.6) is 5.75 Å². The molecule has 1 saturated heterocycles. The molecule has 37 heavy (non-hydrogen) atoms. The number of carbonyl (C=O) groups is 1. The molecule has 2 aromatic heterocycles. The molecule has 1 saturated carbocycles. The third-order valence-corrected chi connectivity index (χ3v) is 9.03. The second-order valence-electron chi connectivity index (χ2n) is 10.2. The molecule has 1 amide bonds. The number of amides is 1. The van der Waals surface area contributed by atoms with Crippen LogP contribution in [0.15, 0.2) is 48.7 Å². The minimum absolute atomic E-state index is 0.0877. The first kappa shape index (κ1) is 24.3. The lowest BCUT2D eigenvalue weighted by Crippen LogP contribution is -2.48. The fourth-order valence-corrected chi connectivity index (χ4v) is 6.27. The van der Waals surface area contributed by atoms with Crippen molar-refractivity contribution in [3.63, 3.8) is 0 Å². The minimum Gasteiger partial charge on any atom is -0.492 e. The summed E-state index contributed by atoms with van der Waals surface area (Å²) < 4.78 is 6.04. The maximum Gasteiger partial charge on any atom is 0.252 e. The average Bonchev–Trinajstić information content (AvgIpc) is 3.58. The molecule has 3 heterocycles. The van der Waals surface area contributed by atoms with E-state index in [1.807, 2.05) is 38.1 Å². The van der Waals surface area contributed by atoms with E-state index in [2.05, 4.69) is 45.4 Å². The Bertz CT molecular complexity index is 1510. The number of rotatable bonds is 7. The highest BCUT2D eigenvalue weighted by Crippen LogP contribution is 2.50. The molecule has 6 nitrogen and oxygen atoms in total. The van der Waals surface area contributed by atoms with E-state index in [0.717, 1.165) is 69.0 Å². The van der Waals surface area contributed by atoms with Crippen LogP contribution < -0.4 is 10.1 Å². The molecule has 2 fully saturated rings. The number of nitrogens with one attached hydrogen (secondary N) is 1. The predicted octanol–water partition coefficient (Wildman–Crippen LogP) is 6.13. The second kappa shape index (κ2) is 9.39. The van der Waals surface area contributed by atoms with Crippen LogP contribution in [0.1, 0.15) is 45.8 Å². The highest BCUT2D eigenvalue weighted by atomic mass is 35.5. The van der Waals surface area contributed by atoms with Crippen molar-refractivity contribution in [2.75, 3.05) is 20.2 Å². The van der Waals surface area contributed by atoms with Gasteiger partial charge >= 0.3 is 0 Å². The number of carbonyl (C=O) groups excluding carboxylic acids is 1. The van der Waals surface area contributed by atoms with Crippen LogP contribution in [0.3, 0.4) is 0 Å². The molecule has 1 aliphatic heterocycles. The van der Waals surface area contributed by atoms with Gasteiger partial charge in [-0.1, -0.05) is 23.7 Å². The SMILES string of the molecule is Cc1nc(Cl)c(-c2cc(C3(NC(=O)c4cc(OC[C@@H]5CCN5C)ccc4C)CC3)c3cccnc3c2)s1. The Balaban J connectivity index is 1.31. The molecule has 2 aliphatic rings. The van der Waals surface area contributed by atoms with E-state index >= 15 is 0 Å². The van der Waals surface area contributed by atoms with Gasteiger partial charge in [0.1, 0.15) is 17.5 Å². The normalized spacial score (nSPS) is 18.4. The highest BCUT2D eigenvalue weighted by molar-refractivity contribution is 7.15. The monoisotopic (exact) mass is 532 g/mol. The Labute approximate surface area is 225 Å². The fraction of sp³-hybridized carbons (Fsp3) is 0.345. The summed E-state index contributed by atoms with van der Waals surface area (Å²) in [4.78, 5) is 25.9. The number of hydrogen-bond donors (Lipinski definition) is 1. The van der Waals surface area contributed by atoms with Gasteiger partial charge in [-0.05, 0) is 93.7 Å². The zero-order chi connectivity index (χ0) is 25.7. The van der Waals surface area contributed by atoms with Gasteiger partial charge in [-0.2, -0.15) is 0 Å². The van der Waals surface area contributed by atoms with Crippen molar-refractivity contribution in [3.05, 3.63) is 75.5 Å². The summed E-state index contributed by atoms with van der Waals surface area (Å²) in [6.45, 7) is 5.66. The van der Waals surface area contributed by atoms with Gasteiger partial charge in [-0.25, -0.2) is 4.98 Å². The lowest BCUT2D eigenvalue weighted by molar-refractivity contribution is 0.0767. The summed E-state index contributed by atoms with van der Waals surface area (Å²) in [5, 5.41) is 5.83. The first-order chi connectivity index (χ1) is 17.8. The quantitative estimate of drug-likeness (QED) is 0.310. The van der Waals surface area contributed by atoms with Gasteiger partial charge in [0.05, 0.1) is 20.9 Å². The Morgan fingerprint density at radius 2 is 2.08 bits per heavy atom. The molecule has 190 valence electrons. The van der Waals surface area contributed by atoms with Crippen molar-refractivity contribution in [1.29, 1.82) is 0 Å². The molecule has 0 radical (unpaired) electrons. The molecule has 4 aromatic rings. The number of halogens is 1. The van der Waals surface area contributed by atoms with E-state index < -0.39 is 5.54 Å². The van der Waals surface area contributed by atoms with Crippen LogP contribution in [0.25, 0.3) is 21.3 Å². The van der Waals surface area contributed by atoms with Crippen LogP contribution in [-0.4, -0.2) is 47.0 Å². The van der Waals surface area contributed by atoms with Crippen LogP contribution in [0.4, 0.5) is 0 Å². The summed E-state index contributed by atoms with van der Waals surface area (Å²) in [5.74, 6) is 0.642. The van der Waals surface area contributed by atoms with Gasteiger partial charge in [0.2, 0.25) is 0 Å². The summed E-state index contributed by atoms with van der Waals surface area (Å²) >= 11 is 8.04. The van der Waals surface area contributed by atoms with Crippen LogP contribution in [-0.2, 0) is 5.54 Å². The molecular formula is C29H29ClN4O2S. The topological polar surface area (TPSA) is 67.3 Å². The van der Waals surface area contributed by atoms with Gasteiger partial charge in [0, 0.05) is 23.2 Å². The summed E-state index contributed by atoms with van der Waals surface area (Å²) in [6, 6.07) is 14.4. The highest BCUT2D eigenvalue weighted by Gasteiger charge is 2.47. The molecule has 6 rings (SSSR count). The van der Waals surface area contributed by atoms with Gasteiger partial charge in [0.25, 0.3) is 5.91 Å². The number of hydrogen-bond acceptors (Lipinski definition) is 6. The van der Waals surface area contributed by atoms with Gasteiger partial charge in [0.15, 0.2) is 0 Å². The number of fused-ring (bicyclic) bond motifs is 1. The Morgan fingerprint density at radius 3 is 2.76 bits per heavy atom. The maximum atomic E-state index is 13.6. The van der Waals surface area contributed by atoms with Gasteiger partial charge in [-0.15, -0.1) is 11.3 Å². The number of likely N-dealkylation sites (tertiary alicyclic amines) is 1. The van der Waals surface area contributed by atoms with E-state index in [9.17, 15) is 4.79 Å². The zero-order valence-corrected chi connectivity index (χ0v) is 22.7. The molecule has 1 N–H and O–H groups in total. The molecule has 8 heteroatoms. The smallest absolute Gasteiger partial charge is 0.252 e. The van der Waals surface area contributed by atoms with Crippen molar-refractivity contribution >= 4 is 39.7 Å². The number of pyridine rings is 1. The number of nitrogens with zero attached hydrogens (tertiary/aromatic N) is 3. The predicted molar refractivity (Wildman–Crippen MR) is 149 cm³/mol. The zero-order valence-electron chi connectivity index (χ0n) is 21.2. The van der Waals surface area contributed by atoms with E-state index in [1.165, 1.54) is 0 Å². The Kier molecular flexibility index (Phi) is 6.18. The van der Waals surface area contributed by atoms with Crippen LogP contribution >= 0.6 is 22.9 Å². The number of ether oxygens (including phenoxy) is 1. The lowest BCUT2D eigenvalue weighted by atomic mass is 9.95. The standard InChI is InChI=1S/C29H29ClN4O2S/c1-17-6-7-21(36-16-20-8-12-34(20)3)15-23(17)28(35)33-29(9-10-29)24-13-19(26-27(30)32-18(2)37-26)14-25-22(24)5-4-11-31-25/h4-7,11,13-15,20H,8-10,12,16H2,1-3H3,(H,33,35)/t20-/m0/s1. The third kappa shape index (κ3) is 4.60. The van der Waals surface area contributed by atoms with Crippen LogP contribution in [0, 0.1) is 13.8 Å². The average molecular weight is 533 g/mol. The van der Waals surface area contributed by atoms with Crippen molar-refractivity contribution in [3.8, 4) is 16.2 Å². The first-order valence-corrected chi connectivity index (χ1v) is 13.8. The summed E-state index contributed by atoms with van der Waals surface area (Å²) in [5.41, 5.74) is 4.05. The van der Waals surface area contributed by atoms with E-state index in [4.69, 9.17) is 16.3 Å². The Morgan fingerprint density at radius 1 is 1.24 bits per heavy atom. The van der Waals surface area contributed by atoms with E-state index in [-0.39, 0.29) is 5.91 Å². The molecular weight excluding hydrogens is 504 g/mol. The number of thiazole rings is 1. The lowest BCUT2D eigenvalue weighted by Gasteiger charge is -2.37. The fourth-order valence-electron chi connectivity index (χ4n) is 5.07. The second-order valence-corrected chi connectivity index (χ2v) is 11.8. The third-order valence-electron chi connectivity index (χ3n) is 7.63. The summed E-state index contributed by atoms with van der Waals surface area (Å²) in [7, 11) is 2.11. The van der Waals surface area contributed by atoms with E-state index in [1.54, 1.807) is 17.5 Å².